The van der Waals surface area contributed by atoms with E-state index < -0.39 is 18.4 Å². The molecule has 1 aromatic carbocycles. The maximum Gasteiger partial charge on any atom is 0.257 e. The smallest absolute Gasteiger partial charge is 0.257 e. The molecule has 8 heteroatoms. The number of nitrogens with one attached hydrogen (secondary N) is 1. The van der Waals surface area contributed by atoms with E-state index in [1.54, 1.807) is 30.3 Å². The van der Waals surface area contributed by atoms with E-state index in [1.807, 2.05) is 6.07 Å². The van der Waals surface area contributed by atoms with Gasteiger partial charge in [-0.1, -0.05) is 23.7 Å². The number of hydrogen-bond acceptors (Lipinski definition) is 4. The Hall–Kier alpha value is -2.41. The average Bonchev–Trinajstić information content (AvgIpc) is 3.26. The molecule has 5 nitrogen and oxygen atoms in total. The summed E-state index contributed by atoms with van der Waals surface area (Å²) in [5, 5.41) is 3.55. The van der Waals surface area contributed by atoms with Crippen LogP contribution in [0.5, 0.6) is 5.75 Å². The summed E-state index contributed by atoms with van der Waals surface area (Å²) in [6.45, 7) is 0.158. The van der Waals surface area contributed by atoms with Gasteiger partial charge in [-0.05, 0) is 49.9 Å². The highest BCUT2D eigenvalue weighted by atomic mass is 35.5. The van der Waals surface area contributed by atoms with Crippen LogP contribution in [0, 0.1) is 0 Å². The summed E-state index contributed by atoms with van der Waals surface area (Å²) in [6, 6.07) is 9.79. The van der Waals surface area contributed by atoms with Crippen LogP contribution in [0.2, 0.25) is 5.02 Å². The molecule has 2 heterocycles. The van der Waals surface area contributed by atoms with Crippen LogP contribution in [0.15, 0.2) is 42.6 Å². The number of para-hydroxylation sites is 1. The lowest BCUT2D eigenvalue weighted by molar-refractivity contribution is -0.0674. The number of nitrogens with zero attached hydrogens (tertiary/aromatic N) is 2. The first-order chi connectivity index (χ1) is 14.9. The largest absolute Gasteiger partial charge is 0.490 e. The molecule has 1 atom stereocenters. The molecule has 1 aliphatic carbocycles. The van der Waals surface area contributed by atoms with Gasteiger partial charge in [-0.25, -0.2) is 13.8 Å². The normalized spacial score (nSPS) is 21.1. The first-order valence-corrected chi connectivity index (χ1v) is 11.1. The fourth-order valence-electron chi connectivity index (χ4n) is 4.26. The number of carbonyl (C=O) groups excluding carboxylic acids is 1. The Morgan fingerprint density at radius 1 is 1.23 bits per heavy atom. The number of hydrogen-bond donors (Lipinski definition) is 1. The Balaban J connectivity index is 1.51. The minimum absolute atomic E-state index is 0.00993. The third-order valence-electron chi connectivity index (χ3n) is 5.91. The number of halogens is 3. The molecule has 31 heavy (non-hydrogen) atoms. The number of likely N-dealkylation sites (tertiary alicyclic amines) is 1. The van der Waals surface area contributed by atoms with Gasteiger partial charge < -0.3 is 15.0 Å². The highest BCUT2D eigenvalue weighted by molar-refractivity contribution is 6.30. The van der Waals surface area contributed by atoms with Crippen molar-refractivity contribution in [1.82, 2.24) is 9.88 Å². The molecule has 2 fully saturated rings. The molecule has 0 bridgehead atoms. The van der Waals surface area contributed by atoms with Gasteiger partial charge in [0.1, 0.15) is 11.6 Å². The zero-order chi connectivity index (χ0) is 21.8. The topological polar surface area (TPSA) is 54.5 Å². The van der Waals surface area contributed by atoms with Gasteiger partial charge in [0.2, 0.25) is 0 Å². The predicted octanol–water partition coefficient (Wildman–Crippen LogP) is 5.41. The molecular formula is C23H26ClF2N3O2. The van der Waals surface area contributed by atoms with Gasteiger partial charge in [0.25, 0.3) is 11.8 Å². The highest BCUT2D eigenvalue weighted by Crippen LogP contribution is 2.34. The van der Waals surface area contributed by atoms with Crippen LogP contribution in [0.1, 0.15) is 48.9 Å². The molecule has 1 aliphatic heterocycles. The minimum Gasteiger partial charge on any atom is -0.490 e. The van der Waals surface area contributed by atoms with E-state index in [-0.39, 0.29) is 31.5 Å². The second-order valence-electron chi connectivity index (χ2n) is 8.23. The SMILES string of the molecule is O=C(c1ccccc1OC1CCCC1)N1CCC(F)(F)CC1CNc1ccc(Cl)cn1. The fraction of sp³-hybridized carbons (Fsp3) is 0.478. The van der Waals surface area contributed by atoms with Crippen molar-refractivity contribution in [2.24, 2.45) is 0 Å². The Kier molecular flexibility index (Phi) is 6.60. The van der Waals surface area contributed by atoms with Crippen molar-refractivity contribution in [3.05, 3.63) is 53.2 Å². The summed E-state index contributed by atoms with van der Waals surface area (Å²) in [5.74, 6) is -2.03. The first kappa shape index (κ1) is 21.8. The maximum absolute atomic E-state index is 14.2. The quantitative estimate of drug-likeness (QED) is 0.640. The van der Waals surface area contributed by atoms with Crippen LogP contribution in [-0.2, 0) is 0 Å². The lowest BCUT2D eigenvalue weighted by atomic mass is 9.97. The second kappa shape index (κ2) is 9.39. The monoisotopic (exact) mass is 449 g/mol. The van der Waals surface area contributed by atoms with Gasteiger partial charge in [0.15, 0.2) is 0 Å². The van der Waals surface area contributed by atoms with Crippen LogP contribution in [0.3, 0.4) is 0 Å². The van der Waals surface area contributed by atoms with Crippen LogP contribution in [0.25, 0.3) is 0 Å². The molecule has 2 aliphatic rings. The Morgan fingerprint density at radius 2 is 2.00 bits per heavy atom. The number of aromatic nitrogens is 1. The third kappa shape index (κ3) is 5.45. The Bertz CT molecular complexity index is 904. The van der Waals surface area contributed by atoms with Gasteiger partial charge in [-0.15, -0.1) is 0 Å². The lowest BCUT2D eigenvalue weighted by Crippen LogP contribution is -2.52. The van der Waals surface area contributed by atoms with Crippen molar-refractivity contribution in [2.45, 2.75) is 56.6 Å². The van der Waals surface area contributed by atoms with E-state index in [1.165, 1.54) is 11.1 Å². The van der Waals surface area contributed by atoms with Crippen molar-refractivity contribution >= 4 is 23.3 Å². The molecule has 1 saturated heterocycles. The van der Waals surface area contributed by atoms with Gasteiger partial charge in [-0.2, -0.15) is 0 Å². The van der Waals surface area contributed by atoms with E-state index in [2.05, 4.69) is 10.3 Å². The average molecular weight is 450 g/mol. The van der Waals surface area contributed by atoms with E-state index in [9.17, 15) is 13.6 Å². The molecule has 1 amide bonds. The van der Waals surface area contributed by atoms with Crippen LogP contribution >= 0.6 is 11.6 Å². The summed E-state index contributed by atoms with van der Waals surface area (Å²) in [6.07, 6.45) is 5.03. The number of anilines is 1. The zero-order valence-electron chi connectivity index (χ0n) is 17.2. The summed E-state index contributed by atoms with van der Waals surface area (Å²) in [5.41, 5.74) is 0.425. The van der Waals surface area contributed by atoms with Gasteiger partial charge in [0, 0.05) is 32.1 Å². The lowest BCUT2D eigenvalue weighted by Gasteiger charge is -2.39. The molecule has 0 spiro atoms. The van der Waals surface area contributed by atoms with Crippen molar-refractivity contribution in [2.75, 3.05) is 18.4 Å². The fourth-order valence-corrected chi connectivity index (χ4v) is 4.37. The molecule has 166 valence electrons. The summed E-state index contributed by atoms with van der Waals surface area (Å²) in [4.78, 5) is 19.1. The zero-order valence-corrected chi connectivity index (χ0v) is 18.0. The van der Waals surface area contributed by atoms with Gasteiger partial charge >= 0.3 is 0 Å². The summed E-state index contributed by atoms with van der Waals surface area (Å²) < 4.78 is 34.5. The molecule has 1 N–H and O–H groups in total. The number of amides is 1. The molecule has 2 aromatic rings. The molecule has 0 radical (unpaired) electrons. The van der Waals surface area contributed by atoms with Gasteiger partial charge in [0.05, 0.1) is 22.7 Å². The summed E-state index contributed by atoms with van der Waals surface area (Å²) >= 11 is 5.85. The maximum atomic E-state index is 14.2. The standard InChI is InChI=1S/C23H26ClF2N3O2/c24-16-9-10-21(27-14-16)28-15-17-13-23(25,26)11-12-29(17)22(30)19-7-3-4-8-20(19)31-18-5-1-2-6-18/h3-4,7-10,14,17-18H,1-2,5-6,11-13,15H2,(H,27,28). The third-order valence-corrected chi connectivity index (χ3v) is 6.14. The molecule has 1 unspecified atom stereocenters. The number of carbonyl (C=O) groups is 1. The van der Waals surface area contributed by atoms with Gasteiger partial charge in [-0.3, -0.25) is 4.79 Å². The molecule has 4 rings (SSSR count). The number of benzene rings is 1. The van der Waals surface area contributed by atoms with E-state index in [4.69, 9.17) is 16.3 Å². The van der Waals surface area contributed by atoms with E-state index >= 15 is 0 Å². The molecule has 1 aromatic heterocycles. The molecular weight excluding hydrogens is 424 g/mol. The second-order valence-corrected chi connectivity index (χ2v) is 8.66. The van der Waals surface area contributed by atoms with Crippen molar-refractivity contribution in [1.29, 1.82) is 0 Å². The van der Waals surface area contributed by atoms with E-state index in [0.717, 1.165) is 25.7 Å². The van der Waals surface area contributed by atoms with Crippen LogP contribution in [0.4, 0.5) is 14.6 Å². The van der Waals surface area contributed by atoms with Crippen molar-refractivity contribution < 1.29 is 18.3 Å². The number of piperidine rings is 1. The minimum atomic E-state index is -2.81. The highest BCUT2D eigenvalue weighted by Gasteiger charge is 2.42. The van der Waals surface area contributed by atoms with Crippen LogP contribution in [-0.4, -0.2) is 46.9 Å². The number of pyridine rings is 1. The predicted molar refractivity (Wildman–Crippen MR) is 116 cm³/mol. The van der Waals surface area contributed by atoms with E-state index in [0.29, 0.717) is 22.2 Å². The first-order valence-electron chi connectivity index (χ1n) is 10.7. The summed E-state index contributed by atoms with van der Waals surface area (Å²) in [7, 11) is 0. The van der Waals surface area contributed by atoms with Crippen LogP contribution < -0.4 is 10.1 Å². The van der Waals surface area contributed by atoms with Crippen molar-refractivity contribution in [3.63, 3.8) is 0 Å². The molecule has 1 saturated carbocycles. The Morgan fingerprint density at radius 3 is 2.74 bits per heavy atom. The number of alkyl halides is 2. The number of rotatable bonds is 6. The van der Waals surface area contributed by atoms with Crippen molar-refractivity contribution in [3.8, 4) is 5.75 Å². The number of ether oxygens (including phenoxy) is 1. The Labute approximate surface area is 185 Å².